The van der Waals surface area contributed by atoms with Gasteiger partial charge in [0.1, 0.15) is 0 Å². The molecule has 58 heavy (non-hydrogen) atoms. The van der Waals surface area contributed by atoms with Crippen molar-refractivity contribution < 1.29 is 0 Å². The van der Waals surface area contributed by atoms with Crippen LogP contribution >= 0.6 is 0 Å². The molecule has 0 N–H and O–H groups in total. The second-order valence-electron chi connectivity index (χ2n) is 14.3. The molecule has 0 bridgehead atoms. The Labute approximate surface area is 337 Å². The van der Waals surface area contributed by atoms with E-state index in [1.807, 2.05) is 42.5 Å². The van der Waals surface area contributed by atoms with Gasteiger partial charge in [0.25, 0.3) is 0 Å². The summed E-state index contributed by atoms with van der Waals surface area (Å²) >= 11 is 0. The fourth-order valence-corrected chi connectivity index (χ4v) is 7.51. The van der Waals surface area contributed by atoms with Crippen LogP contribution < -0.4 is 0 Å². The van der Waals surface area contributed by atoms with E-state index in [-0.39, 0.29) is 0 Å². The fraction of sp³-hybridized carbons (Fsp3) is 0. The van der Waals surface area contributed by atoms with Gasteiger partial charge in [-0.05, 0) is 69.8 Å². The molecular formula is C54H36N4. The minimum Gasteiger partial charge on any atom is -0.228 e. The van der Waals surface area contributed by atoms with Crippen molar-refractivity contribution in [2.24, 2.45) is 0 Å². The molecular weight excluding hydrogens is 705 g/mol. The zero-order chi connectivity index (χ0) is 38.7. The van der Waals surface area contributed by atoms with Crippen molar-refractivity contribution in [1.82, 2.24) is 19.9 Å². The minimum absolute atomic E-state index is 0.624. The van der Waals surface area contributed by atoms with E-state index in [1.54, 1.807) is 0 Å². The van der Waals surface area contributed by atoms with Gasteiger partial charge in [-0.3, -0.25) is 0 Å². The molecule has 0 aliphatic heterocycles. The first-order valence-corrected chi connectivity index (χ1v) is 19.5. The Balaban J connectivity index is 1.16. The van der Waals surface area contributed by atoms with Gasteiger partial charge in [-0.1, -0.05) is 182 Å². The summed E-state index contributed by atoms with van der Waals surface area (Å²) in [6, 6.07) is 75.6. The molecule has 8 aromatic carbocycles. The molecule has 2 aromatic heterocycles. The molecule has 272 valence electrons. The summed E-state index contributed by atoms with van der Waals surface area (Å²) in [7, 11) is 0. The normalized spacial score (nSPS) is 11.1. The number of rotatable bonds is 8. The quantitative estimate of drug-likeness (QED) is 0.156. The highest BCUT2D eigenvalue weighted by Crippen LogP contribution is 2.37. The Bertz CT molecular complexity index is 3010. The van der Waals surface area contributed by atoms with Crippen LogP contribution in [0, 0.1) is 0 Å². The number of fused-ring (bicyclic) bond motifs is 1. The number of nitrogens with zero attached hydrogens (tertiary/aromatic N) is 4. The molecule has 4 nitrogen and oxygen atoms in total. The van der Waals surface area contributed by atoms with E-state index in [4.69, 9.17) is 19.9 Å². The smallest absolute Gasteiger partial charge is 0.160 e. The summed E-state index contributed by atoms with van der Waals surface area (Å²) in [5.74, 6) is 1.26. The third-order valence-electron chi connectivity index (χ3n) is 10.5. The molecule has 0 amide bonds. The molecule has 0 saturated heterocycles. The zero-order valence-electron chi connectivity index (χ0n) is 31.6. The van der Waals surface area contributed by atoms with Crippen LogP contribution in [0.3, 0.4) is 0 Å². The Morgan fingerprint density at radius 2 is 0.603 bits per heavy atom. The summed E-state index contributed by atoms with van der Waals surface area (Å²) in [6.07, 6.45) is 0. The molecule has 0 aliphatic rings. The lowest BCUT2D eigenvalue weighted by Crippen LogP contribution is -1.99. The average molecular weight is 741 g/mol. The maximum Gasteiger partial charge on any atom is 0.160 e. The van der Waals surface area contributed by atoms with Crippen molar-refractivity contribution in [2.75, 3.05) is 0 Å². The molecule has 0 fully saturated rings. The Morgan fingerprint density at radius 3 is 1.16 bits per heavy atom. The van der Waals surface area contributed by atoms with Gasteiger partial charge in [0.2, 0.25) is 0 Å². The molecule has 0 unspecified atom stereocenters. The van der Waals surface area contributed by atoms with Crippen LogP contribution in [0.5, 0.6) is 0 Å². The van der Waals surface area contributed by atoms with Crippen LogP contribution in [-0.2, 0) is 0 Å². The van der Waals surface area contributed by atoms with Crippen LogP contribution in [0.4, 0.5) is 0 Å². The predicted octanol–water partition coefficient (Wildman–Crippen LogP) is 13.8. The maximum absolute atomic E-state index is 5.36. The van der Waals surface area contributed by atoms with Crippen LogP contribution in [-0.4, -0.2) is 19.9 Å². The van der Waals surface area contributed by atoms with E-state index in [0.29, 0.717) is 11.6 Å². The van der Waals surface area contributed by atoms with E-state index in [2.05, 4.69) is 176 Å². The molecule has 2 heterocycles. The second kappa shape index (κ2) is 15.4. The van der Waals surface area contributed by atoms with Crippen molar-refractivity contribution in [2.45, 2.75) is 0 Å². The van der Waals surface area contributed by atoms with Crippen LogP contribution in [0.2, 0.25) is 0 Å². The molecule has 10 aromatic rings. The minimum atomic E-state index is 0.624. The third-order valence-corrected chi connectivity index (χ3v) is 10.5. The zero-order valence-corrected chi connectivity index (χ0v) is 31.6. The lowest BCUT2D eigenvalue weighted by Gasteiger charge is -2.14. The van der Waals surface area contributed by atoms with Gasteiger partial charge < -0.3 is 0 Å². The van der Waals surface area contributed by atoms with E-state index in [1.165, 1.54) is 5.56 Å². The third kappa shape index (κ3) is 7.07. The standard InChI is InChI=1S/C54H36N4/c1-6-16-37(17-7-1)40-26-28-42(29-27-40)51-36-50(41-22-12-4-13-23-41)56-53(57-51)46-32-45(39-20-10-3-11-21-39)33-47(34-46)54-55-49-31-30-44(38-18-8-2-9-19-38)35-48(49)52(58-54)43-24-14-5-15-25-43/h1-36H. The highest BCUT2D eigenvalue weighted by molar-refractivity contribution is 5.96. The van der Waals surface area contributed by atoms with Crippen molar-refractivity contribution in [3.63, 3.8) is 0 Å². The van der Waals surface area contributed by atoms with Gasteiger partial charge in [-0.2, -0.15) is 0 Å². The number of benzene rings is 8. The van der Waals surface area contributed by atoms with Gasteiger partial charge in [-0.25, -0.2) is 19.9 Å². The topological polar surface area (TPSA) is 51.6 Å². The molecule has 10 rings (SSSR count). The molecule has 0 atom stereocenters. The summed E-state index contributed by atoms with van der Waals surface area (Å²) in [6.45, 7) is 0. The summed E-state index contributed by atoms with van der Waals surface area (Å²) in [4.78, 5) is 21.1. The van der Waals surface area contributed by atoms with E-state index in [0.717, 1.165) is 83.6 Å². The van der Waals surface area contributed by atoms with Crippen LogP contribution in [0.25, 0.3) is 101 Å². The lowest BCUT2D eigenvalue weighted by atomic mass is 9.97. The molecule has 0 saturated carbocycles. The Morgan fingerprint density at radius 1 is 0.224 bits per heavy atom. The summed E-state index contributed by atoms with van der Waals surface area (Å²) in [5, 5.41) is 0.998. The number of hydrogen-bond acceptors (Lipinski definition) is 4. The Hall–Kier alpha value is -7.82. The van der Waals surface area contributed by atoms with Gasteiger partial charge in [0, 0.05) is 33.2 Å². The van der Waals surface area contributed by atoms with Gasteiger partial charge in [-0.15, -0.1) is 0 Å². The predicted molar refractivity (Wildman–Crippen MR) is 239 cm³/mol. The number of aromatic nitrogens is 4. The van der Waals surface area contributed by atoms with E-state index < -0.39 is 0 Å². The number of hydrogen-bond donors (Lipinski definition) is 0. The van der Waals surface area contributed by atoms with Crippen molar-refractivity contribution in [1.29, 1.82) is 0 Å². The largest absolute Gasteiger partial charge is 0.228 e. The molecule has 0 spiro atoms. The second-order valence-corrected chi connectivity index (χ2v) is 14.3. The maximum atomic E-state index is 5.36. The summed E-state index contributed by atoms with van der Waals surface area (Å²) < 4.78 is 0. The van der Waals surface area contributed by atoms with Gasteiger partial charge in [0.15, 0.2) is 11.6 Å². The van der Waals surface area contributed by atoms with E-state index >= 15 is 0 Å². The SMILES string of the molecule is c1ccc(-c2ccc(-c3cc(-c4ccccc4)nc(-c4cc(-c5ccccc5)cc(-c5nc(-c6ccccc6)c6cc(-c7ccccc7)ccc6n5)c4)n3)cc2)cc1. The first-order chi connectivity index (χ1) is 28.7. The van der Waals surface area contributed by atoms with Gasteiger partial charge >= 0.3 is 0 Å². The molecule has 0 aliphatic carbocycles. The van der Waals surface area contributed by atoms with Crippen molar-refractivity contribution in [3.05, 3.63) is 218 Å². The Kier molecular flexibility index (Phi) is 9.18. The lowest BCUT2D eigenvalue weighted by molar-refractivity contribution is 1.18. The molecule has 0 radical (unpaired) electrons. The molecule has 4 heteroatoms. The fourth-order valence-electron chi connectivity index (χ4n) is 7.51. The van der Waals surface area contributed by atoms with Crippen molar-refractivity contribution >= 4 is 10.9 Å². The van der Waals surface area contributed by atoms with Crippen LogP contribution in [0.1, 0.15) is 0 Å². The first kappa shape index (κ1) is 34.7. The van der Waals surface area contributed by atoms with Gasteiger partial charge in [0.05, 0.1) is 22.6 Å². The average Bonchev–Trinajstić information content (AvgIpc) is 3.32. The van der Waals surface area contributed by atoms with E-state index in [9.17, 15) is 0 Å². The highest BCUT2D eigenvalue weighted by Gasteiger charge is 2.17. The summed E-state index contributed by atoms with van der Waals surface area (Å²) in [5.41, 5.74) is 15.0. The highest BCUT2D eigenvalue weighted by atomic mass is 14.9. The first-order valence-electron chi connectivity index (χ1n) is 19.5. The monoisotopic (exact) mass is 740 g/mol. The van der Waals surface area contributed by atoms with Crippen LogP contribution in [0.15, 0.2) is 218 Å². The van der Waals surface area contributed by atoms with Crippen molar-refractivity contribution in [3.8, 4) is 89.9 Å².